The van der Waals surface area contributed by atoms with Gasteiger partial charge in [0.1, 0.15) is 12.4 Å². The number of amides is 1. The van der Waals surface area contributed by atoms with Crippen molar-refractivity contribution in [2.75, 3.05) is 38.3 Å². The predicted octanol–water partition coefficient (Wildman–Crippen LogP) is 1.04. The van der Waals surface area contributed by atoms with Crippen LogP contribution in [0.3, 0.4) is 0 Å². The van der Waals surface area contributed by atoms with Gasteiger partial charge < -0.3 is 19.7 Å². The van der Waals surface area contributed by atoms with Crippen LogP contribution in [-0.4, -0.2) is 45.4 Å². The summed E-state index contributed by atoms with van der Waals surface area (Å²) in [5.74, 6) is 1.28. The number of carbonyl (C=O) groups excluding carboxylic acids is 1. The SMILES string of the molecule is COc1cccc(N2CC(C3CCNC3)OCC2=O)c1. The Kier molecular flexibility index (Phi) is 3.89. The zero-order chi connectivity index (χ0) is 13.9. The van der Waals surface area contributed by atoms with Gasteiger partial charge >= 0.3 is 0 Å². The van der Waals surface area contributed by atoms with Crippen molar-refractivity contribution in [3.05, 3.63) is 24.3 Å². The second-order valence-corrected chi connectivity index (χ2v) is 5.31. The molecule has 1 amide bonds. The van der Waals surface area contributed by atoms with E-state index in [2.05, 4.69) is 5.32 Å². The van der Waals surface area contributed by atoms with Crippen molar-refractivity contribution >= 4 is 11.6 Å². The number of benzene rings is 1. The van der Waals surface area contributed by atoms with Crippen LogP contribution in [0, 0.1) is 5.92 Å². The number of hydrogen-bond donors (Lipinski definition) is 1. The second kappa shape index (κ2) is 5.81. The fourth-order valence-corrected chi connectivity index (χ4v) is 2.90. The molecule has 1 N–H and O–H groups in total. The smallest absolute Gasteiger partial charge is 0.253 e. The maximum Gasteiger partial charge on any atom is 0.253 e. The lowest BCUT2D eigenvalue weighted by Crippen LogP contribution is -2.49. The van der Waals surface area contributed by atoms with E-state index >= 15 is 0 Å². The number of anilines is 1. The van der Waals surface area contributed by atoms with Gasteiger partial charge in [-0.1, -0.05) is 6.07 Å². The Balaban J connectivity index is 1.77. The molecule has 108 valence electrons. The summed E-state index contributed by atoms with van der Waals surface area (Å²) in [4.78, 5) is 13.9. The maximum atomic E-state index is 12.1. The van der Waals surface area contributed by atoms with Crippen molar-refractivity contribution in [1.29, 1.82) is 0 Å². The highest BCUT2D eigenvalue weighted by molar-refractivity contribution is 5.95. The molecule has 0 saturated carbocycles. The molecule has 5 heteroatoms. The highest BCUT2D eigenvalue weighted by Crippen LogP contribution is 2.26. The van der Waals surface area contributed by atoms with Gasteiger partial charge in [0.2, 0.25) is 0 Å². The molecule has 2 aliphatic heterocycles. The highest BCUT2D eigenvalue weighted by atomic mass is 16.5. The molecule has 2 aliphatic rings. The van der Waals surface area contributed by atoms with E-state index in [9.17, 15) is 4.79 Å². The molecule has 2 unspecified atom stereocenters. The summed E-state index contributed by atoms with van der Waals surface area (Å²) in [6.45, 7) is 2.80. The Morgan fingerprint density at radius 3 is 3.10 bits per heavy atom. The first kappa shape index (κ1) is 13.4. The normalized spacial score (nSPS) is 26.9. The zero-order valence-electron chi connectivity index (χ0n) is 11.7. The largest absolute Gasteiger partial charge is 0.497 e. The van der Waals surface area contributed by atoms with Gasteiger partial charge in [0.25, 0.3) is 5.91 Å². The van der Waals surface area contributed by atoms with Crippen LogP contribution in [0.25, 0.3) is 0 Å². The minimum Gasteiger partial charge on any atom is -0.497 e. The molecule has 2 saturated heterocycles. The molecule has 20 heavy (non-hydrogen) atoms. The predicted molar refractivity (Wildman–Crippen MR) is 76.1 cm³/mol. The van der Waals surface area contributed by atoms with Gasteiger partial charge in [-0.2, -0.15) is 0 Å². The summed E-state index contributed by atoms with van der Waals surface area (Å²) < 4.78 is 10.9. The third-order valence-electron chi connectivity index (χ3n) is 4.07. The lowest BCUT2D eigenvalue weighted by molar-refractivity contribution is -0.131. The van der Waals surface area contributed by atoms with Gasteiger partial charge in [0.15, 0.2) is 0 Å². The molecule has 1 aromatic carbocycles. The van der Waals surface area contributed by atoms with Crippen molar-refractivity contribution in [3.63, 3.8) is 0 Å². The quantitative estimate of drug-likeness (QED) is 0.896. The summed E-state index contributed by atoms with van der Waals surface area (Å²) in [7, 11) is 1.63. The van der Waals surface area contributed by atoms with Crippen LogP contribution in [0.4, 0.5) is 5.69 Å². The molecule has 2 heterocycles. The molecule has 0 aromatic heterocycles. The van der Waals surface area contributed by atoms with Gasteiger partial charge in [0, 0.05) is 24.2 Å². The molecule has 3 rings (SSSR count). The standard InChI is InChI=1S/C15H20N2O3/c1-19-13-4-2-3-12(7-13)17-9-14(20-10-15(17)18)11-5-6-16-8-11/h2-4,7,11,14,16H,5-6,8-10H2,1H3. The van der Waals surface area contributed by atoms with E-state index in [4.69, 9.17) is 9.47 Å². The minimum atomic E-state index is 0.0143. The fourth-order valence-electron chi connectivity index (χ4n) is 2.90. The first-order valence-corrected chi connectivity index (χ1v) is 7.04. The molecule has 0 spiro atoms. The van der Waals surface area contributed by atoms with E-state index in [-0.39, 0.29) is 18.6 Å². The van der Waals surface area contributed by atoms with Crippen molar-refractivity contribution in [2.45, 2.75) is 12.5 Å². The molecule has 2 atom stereocenters. The maximum absolute atomic E-state index is 12.1. The number of ether oxygens (including phenoxy) is 2. The number of nitrogens with one attached hydrogen (secondary N) is 1. The van der Waals surface area contributed by atoms with E-state index in [0.717, 1.165) is 30.9 Å². The molecule has 0 bridgehead atoms. The lowest BCUT2D eigenvalue weighted by Gasteiger charge is -2.35. The monoisotopic (exact) mass is 276 g/mol. The second-order valence-electron chi connectivity index (χ2n) is 5.31. The third kappa shape index (κ3) is 2.64. The Labute approximate surface area is 118 Å². The number of hydrogen-bond acceptors (Lipinski definition) is 4. The third-order valence-corrected chi connectivity index (χ3v) is 4.07. The van der Waals surface area contributed by atoms with E-state index in [1.165, 1.54) is 0 Å². The van der Waals surface area contributed by atoms with Crippen LogP contribution in [0.15, 0.2) is 24.3 Å². The van der Waals surface area contributed by atoms with Crippen molar-refractivity contribution in [3.8, 4) is 5.75 Å². The van der Waals surface area contributed by atoms with Gasteiger partial charge in [-0.25, -0.2) is 0 Å². The Bertz CT molecular complexity index is 486. The Hall–Kier alpha value is -1.59. The fraction of sp³-hybridized carbons (Fsp3) is 0.533. The number of carbonyl (C=O) groups is 1. The topological polar surface area (TPSA) is 50.8 Å². The first-order valence-electron chi connectivity index (χ1n) is 7.04. The molecular weight excluding hydrogens is 256 g/mol. The molecule has 0 aliphatic carbocycles. The molecule has 2 fully saturated rings. The van der Waals surface area contributed by atoms with Crippen LogP contribution in [-0.2, 0) is 9.53 Å². The molecular formula is C15H20N2O3. The summed E-state index contributed by atoms with van der Waals surface area (Å²) in [6.07, 6.45) is 1.24. The van der Waals surface area contributed by atoms with Crippen molar-refractivity contribution < 1.29 is 14.3 Å². The van der Waals surface area contributed by atoms with E-state index < -0.39 is 0 Å². The van der Waals surface area contributed by atoms with Crippen molar-refractivity contribution in [1.82, 2.24) is 5.32 Å². The van der Waals surface area contributed by atoms with Crippen LogP contribution >= 0.6 is 0 Å². The number of morpholine rings is 1. The van der Waals surface area contributed by atoms with E-state index in [1.807, 2.05) is 29.2 Å². The summed E-state index contributed by atoms with van der Waals surface area (Å²) >= 11 is 0. The van der Waals surface area contributed by atoms with Gasteiger partial charge in [-0.05, 0) is 25.1 Å². The zero-order valence-corrected chi connectivity index (χ0v) is 11.7. The Morgan fingerprint density at radius 2 is 2.35 bits per heavy atom. The van der Waals surface area contributed by atoms with Crippen LogP contribution in [0.5, 0.6) is 5.75 Å². The minimum absolute atomic E-state index is 0.0143. The summed E-state index contributed by atoms with van der Waals surface area (Å²) in [5, 5.41) is 3.35. The first-order chi connectivity index (χ1) is 9.78. The summed E-state index contributed by atoms with van der Waals surface area (Å²) in [6, 6.07) is 7.62. The van der Waals surface area contributed by atoms with Crippen LogP contribution < -0.4 is 15.0 Å². The summed E-state index contributed by atoms with van der Waals surface area (Å²) in [5.41, 5.74) is 0.883. The van der Waals surface area contributed by atoms with Gasteiger partial charge in [-0.15, -0.1) is 0 Å². The van der Waals surface area contributed by atoms with Gasteiger partial charge in [-0.3, -0.25) is 4.79 Å². The number of methoxy groups -OCH3 is 1. The van der Waals surface area contributed by atoms with Crippen molar-refractivity contribution in [2.24, 2.45) is 5.92 Å². The lowest BCUT2D eigenvalue weighted by atomic mass is 9.99. The average molecular weight is 276 g/mol. The average Bonchev–Trinajstić information content (AvgIpc) is 3.02. The molecule has 0 radical (unpaired) electrons. The Morgan fingerprint density at radius 1 is 1.45 bits per heavy atom. The molecule has 1 aromatic rings. The highest BCUT2D eigenvalue weighted by Gasteiger charge is 2.34. The molecule has 5 nitrogen and oxygen atoms in total. The number of rotatable bonds is 3. The van der Waals surface area contributed by atoms with Crippen LogP contribution in [0.1, 0.15) is 6.42 Å². The van der Waals surface area contributed by atoms with Gasteiger partial charge in [0.05, 0.1) is 19.8 Å². The number of nitrogens with zero attached hydrogens (tertiary/aromatic N) is 1. The van der Waals surface area contributed by atoms with E-state index in [1.54, 1.807) is 7.11 Å². The van der Waals surface area contributed by atoms with E-state index in [0.29, 0.717) is 12.5 Å². The van der Waals surface area contributed by atoms with Crippen LogP contribution in [0.2, 0.25) is 0 Å².